The van der Waals surface area contributed by atoms with Gasteiger partial charge in [0.1, 0.15) is 0 Å². The lowest BCUT2D eigenvalue weighted by molar-refractivity contribution is 0.136. The molecule has 2 N–H and O–H groups in total. The monoisotopic (exact) mass is 352 g/mol. The summed E-state index contributed by atoms with van der Waals surface area (Å²) in [5, 5.41) is 12.2. The Bertz CT molecular complexity index is 891. The van der Waals surface area contributed by atoms with E-state index in [1.54, 1.807) is 17.2 Å². The summed E-state index contributed by atoms with van der Waals surface area (Å²) in [5.74, 6) is 0.626. The highest BCUT2D eigenvalue weighted by Crippen LogP contribution is 2.25. The Morgan fingerprint density at radius 2 is 2.27 bits per heavy atom. The second-order valence-electron chi connectivity index (χ2n) is 6.49. The zero-order valence-electron chi connectivity index (χ0n) is 14.3. The number of aromatic nitrogens is 2. The molecule has 2 aromatic heterocycles. The number of amides is 2. The summed E-state index contributed by atoms with van der Waals surface area (Å²) in [6.45, 7) is 1.41. The van der Waals surface area contributed by atoms with Crippen LogP contribution in [-0.4, -0.2) is 45.7 Å². The number of benzene rings is 1. The van der Waals surface area contributed by atoms with E-state index in [1.165, 1.54) is 0 Å². The number of urea groups is 1. The van der Waals surface area contributed by atoms with Crippen molar-refractivity contribution in [3.8, 4) is 11.5 Å². The number of nitrogens with one attached hydrogen (secondary N) is 1. The van der Waals surface area contributed by atoms with E-state index in [4.69, 9.17) is 4.42 Å². The summed E-state index contributed by atoms with van der Waals surface area (Å²) in [7, 11) is 0. The quantitative estimate of drug-likeness (QED) is 0.756. The third-order valence-corrected chi connectivity index (χ3v) is 4.59. The number of rotatable bonds is 3. The van der Waals surface area contributed by atoms with Crippen molar-refractivity contribution in [2.45, 2.75) is 12.8 Å². The molecule has 0 radical (unpaired) electrons. The van der Waals surface area contributed by atoms with Crippen molar-refractivity contribution in [1.29, 1.82) is 0 Å². The first-order valence-electron chi connectivity index (χ1n) is 8.72. The van der Waals surface area contributed by atoms with Crippen molar-refractivity contribution >= 4 is 22.9 Å². The summed E-state index contributed by atoms with van der Waals surface area (Å²) in [6, 6.07) is 10.8. The van der Waals surface area contributed by atoms with E-state index >= 15 is 0 Å². The van der Waals surface area contributed by atoms with Gasteiger partial charge in [-0.25, -0.2) is 9.78 Å². The number of carbonyl (C=O) groups excluding carboxylic acids is 1. The van der Waals surface area contributed by atoms with Crippen molar-refractivity contribution in [3.05, 3.63) is 42.6 Å². The molecule has 1 aromatic carbocycles. The second kappa shape index (κ2) is 7.13. The lowest BCUT2D eigenvalue weighted by Gasteiger charge is -2.31. The number of aliphatic hydroxyl groups is 1. The van der Waals surface area contributed by atoms with Gasteiger partial charge in [0.2, 0.25) is 5.89 Å². The molecule has 0 aliphatic carbocycles. The number of fused-ring (bicyclic) bond motifs is 1. The van der Waals surface area contributed by atoms with Crippen molar-refractivity contribution in [3.63, 3.8) is 0 Å². The maximum absolute atomic E-state index is 12.5. The van der Waals surface area contributed by atoms with E-state index in [0.717, 1.165) is 18.4 Å². The summed E-state index contributed by atoms with van der Waals surface area (Å²) < 4.78 is 5.73. The van der Waals surface area contributed by atoms with Crippen LogP contribution in [0.4, 0.5) is 10.5 Å². The number of hydrogen-bond acceptors (Lipinski definition) is 5. The van der Waals surface area contributed by atoms with Crippen molar-refractivity contribution in [1.82, 2.24) is 14.9 Å². The van der Waals surface area contributed by atoms with Crippen molar-refractivity contribution in [2.75, 3.05) is 25.0 Å². The number of aliphatic hydroxyl groups excluding tert-OH is 1. The van der Waals surface area contributed by atoms with E-state index in [1.807, 2.05) is 30.3 Å². The number of hydrogen-bond donors (Lipinski definition) is 2. The summed E-state index contributed by atoms with van der Waals surface area (Å²) >= 11 is 0. The normalized spacial score (nSPS) is 17.4. The minimum atomic E-state index is -0.153. The van der Waals surface area contributed by atoms with E-state index in [-0.39, 0.29) is 18.6 Å². The summed E-state index contributed by atoms with van der Waals surface area (Å²) in [6.07, 6.45) is 3.54. The largest absolute Gasteiger partial charge is 0.434 e. The van der Waals surface area contributed by atoms with Crippen LogP contribution in [0.15, 0.2) is 47.0 Å². The lowest BCUT2D eigenvalue weighted by atomic mass is 9.99. The Morgan fingerprint density at radius 1 is 1.35 bits per heavy atom. The Balaban J connectivity index is 1.51. The van der Waals surface area contributed by atoms with Gasteiger partial charge in [-0.1, -0.05) is 6.07 Å². The molecular formula is C19H20N4O3. The molecule has 0 saturated carbocycles. The minimum Gasteiger partial charge on any atom is -0.434 e. The predicted octanol–water partition coefficient (Wildman–Crippen LogP) is 3.13. The Labute approximate surface area is 150 Å². The lowest BCUT2D eigenvalue weighted by Crippen LogP contribution is -2.43. The van der Waals surface area contributed by atoms with Gasteiger partial charge in [0, 0.05) is 37.1 Å². The summed E-state index contributed by atoms with van der Waals surface area (Å²) in [5.41, 5.74) is 2.63. The number of likely N-dealkylation sites (tertiary alicyclic amines) is 1. The molecule has 3 aromatic rings. The molecule has 0 spiro atoms. The van der Waals surface area contributed by atoms with Crippen LogP contribution < -0.4 is 5.32 Å². The smallest absolute Gasteiger partial charge is 0.321 e. The zero-order valence-corrected chi connectivity index (χ0v) is 14.3. The molecule has 1 aliphatic rings. The average Bonchev–Trinajstić information content (AvgIpc) is 3.12. The van der Waals surface area contributed by atoms with Crippen molar-refractivity contribution in [2.24, 2.45) is 5.92 Å². The van der Waals surface area contributed by atoms with Crippen LogP contribution in [0.5, 0.6) is 0 Å². The molecule has 4 rings (SSSR count). The Kier molecular flexibility index (Phi) is 4.53. The van der Waals surface area contributed by atoms with Gasteiger partial charge in [0.25, 0.3) is 0 Å². The van der Waals surface area contributed by atoms with Gasteiger partial charge in [-0.3, -0.25) is 0 Å². The zero-order chi connectivity index (χ0) is 17.9. The molecule has 1 atom stereocenters. The standard InChI is InChI=1S/C19H20N4O3/c24-12-13-4-3-9-23(11-13)19(25)21-15-6-1-5-14(10-15)18-22-17-16(26-18)7-2-8-20-17/h1-2,5-8,10,13,24H,3-4,9,11-12H2,(H,21,25)/t13-/m0/s1. The van der Waals surface area contributed by atoms with Crippen molar-refractivity contribution < 1.29 is 14.3 Å². The first-order chi connectivity index (χ1) is 12.7. The second-order valence-corrected chi connectivity index (χ2v) is 6.49. The number of anilines is 1. The highest BCUT2D eigenvalue weighted by atomic mass is 16.3. The SMILES string of the molecule is O=C(Nc1cccc(-c2nc3ncccc3o2)c1)N1CCC[C@H](CO)C1. The van der Waals surface area contributed by atoms with Gasteiger partial charge in [0.05, 0.1) is 0 Å². The fraction of sp³-hybridized carbons (Fsp3) is 0.316. The number of nitrogens with zero attached hydrogens (tertiary/aromatic N) is 3. The van der Waals surface area contributed by atoms with E-state index < -0.39 is 0 Å². The van der Waals surface area contributed by atoms with E-state index in [2.05, 4.69) is 15.3 Å². The maximum Gasteiger partial charge on any atom is 0.321 e. The first-order valence-corrected chi connectivity index (χ1v) is 8.72. The van der Waals surface area contributed by atoms with Crippen LogP contribution in [0.25, 0.3) is 22.7 Å². The molecule has 1 aliphatic heterocycles. The van der Waals surface area contributed by atoms with Crippen LogP contribution in [0.1, 0.15) is 12.8 Å². The molecule has 26 heavy (non-hydrogen) atoms. The molecule has 7 heteroatoms. The topological polar surface area (TPSA) is 91.5 Å². The van der Waals surface area contributed by atoms with Crippen LogP contribution in [0.2, 0.25) is 0 Å². The van der Waals surface area contributed by atoms with Crippen LogP contribution >= 0.6 is 0 Å². The third-order valence-electron chi connectivity index (χ3n) is 4.59. The fourth-order valence-electron chi connectivity index (χ4n) is 3.22. The number of carbonyl (C=O) groups is 1. The molecule has 0 bridgehead atoms. The van der Waals surface area contributed by atoms with Crippen LogP contribution in [0.3, 0.4) is 0 Å². The molecule has 2 amide bonds. The van der Waals surface area contributed by atoms with E-state index in [9.17, 15) is 9.90 Å². The molecule has 7 nitrogen and oxygen atoms in total. The van der Waals surface area contributed by atoms with Gasteiger partial charge in [-0.2, -0.15) is 4.98 Å². The van der Waals surface area contributed by atoms with Gasteiger partial charge in [-0.05, 0) is 49.1 Å². The van der Waals surface area contributed by atoms with Crippen LogP contribution in [-0.2, 0) is 0 Å². The van der Waals surface area contributed by atoms with Crippen LogP contribution in [0, 0.1) is 5.92 Å². The Morgan fingerprint density at radius 3 is 3.12 bits per heavy atom. The molecule has 1 saturated heterocycles. The minimum absolute atomic E-state index is 0.116. The van der Waals surface area contributed by atoms with Gasteiger partial charge >= 0.3 is 6.03 Å². The number of oxazole rings is 1. The maximum atomic E-state index is 12.5. The van der Waals surface area contributed by atoms with Gasteiger partial charge in [0.15, 0.2) is 11.2 Å². The Hall–Kier alpha value is -2.93. The fourth-order valence-corrected chi connectivity index (χ4v) is 3.22. The van der Waals surface area contributed by atoms with Gasteiger partial charge < -0.3 is 19.7 Å². The summed E-state index contributed by atoms with van der Waals surface area (Å²) in [4.78, 5) is 22.8. The molecule has 0 unspecified atom stereocenters. The molecule has 134 valence electrons. The first kappa shape index (κ1) is 16.5. The average molecular weight is 352 g/mol. The number of pyridine rings is 1. The molecule has 3 heterocycles. The highest BCUT2D eigenvalue weighted by molar-refractivity contribution is 5.90. The molecular weight excluding hydrogens is 332 g/mol. The third kappa shape index (κ3) is 3.39. The highest BCUT2D eigenvalue weighted by Gasteiger charge is 2.23. The van der Waals surface area contributed by atoms with E-state index in [0.29, 0.717) is 35.9 Å². The number of piperidine rings is 1. The molecule has 1 fully saturated rings. The van der Waals surface area contributed by atoms with Gasteiger partial charge in [-0.15, -0.1) is 0 Å². The predicted molar refractivity (Wildman–Crippen MR) is 97.6 cm³/mol.